The second kappa shape index (κ2) is 7.25. The molecule has 1 unspecified atom stereocenters. The Hall–Kier alpha value is -1.73. The van der Waals surface area contributed by atoms with E-state index in [0.29, 0.717) is 23.6 Å². The van der Waals surface area contributed by atoms with Crippen molar-refractivity contribution in [3.63, 3.8) is 0 Å². The summed E-state index contributed by atoms with van der Waals surface area (Å²) in [5.41, 5.74) is -0.565. The van der Waals surface area contributed by atoms with Gasteiger partial charge in [-0.1, -0.05) is 30.9 Å². The molecule has 1 saturated carbocycles. The first-order valence-electron chi connectivity index (χ1n) is 8.21. The van der Waals surface area contributed by atoms with Crippen LogP contribution >= 0.6 is 23.4 Å². The lowest BCUT2D eigenvalue weighted by Gasteiger charge is -2.34. The standard InChI is InChI=1S/C17H19ClN2O4S/c18-10-4-5-12-11(8-10)19-15(22)13(25-12)9-14(21)20-17(16(23)24)6-2-1-3-7-17/h4-5,8,13H,1-3,6-7,9H2,(H,19,22)(H,20,21)(H,23,24). The molecule has 0 radical (unpaired) electrons. The van der Waals surface area contributed by atoms with Crippen LogP contribution in [0, 0.1) is 0 Å². The number of carbonyl (C=O) groups excluding carboxylic acids is 2. The second-order valence-electron chi connectivity index (χ2n) is 6.44. The summed E-state index contributed by atoms with van der Waals surface area (Å²) in [6, 6.07) is 5.19. The summed E-state index contributed by atoms with van der Waals surface area (Å²) in [6.07, 6.45) is 3.33. The zero-order valence-electron chi connectivity index (χ0n) is 13.5. The minimum Gasteiger partial charge on any atom is -0.480 e. The highest BCUT2D eigenvalue weighted by atomic mass is 35.5. The number of nitrogens with one attached hydrogen (secondary N) is 2. The first-order chi connectivity index (χ1) is 11.9. The Morgan fingerprint density at radius 3 is 2.72 bits per heavy atom. The third-order valence-corrected chi connectivity index (χ3v) is 6.14. The lowest BCUT2D eigenvalue weighted by Crippen LogP contribution is -2.56. The van der Waals surface area contributed by atoms with Crippen LogP contribution in [0.4, 0.5) is 5.69 Å². The number of aliphatic carboxylic acids is 1. The number of fused-ring (bicyclic) bond motifs is 1. The van der Waals surface area contributed by atoms with Crippen molar-refractivity contribution >= 4 is 46.8 Å². The smallest absolute Gasteiger partial charge is 0.329 e. The number of hydrogen-bond acceptors (Lipinski definition) is 4. The van der Waals surface area contributed by atoms with E-state index in [-0.39, 0.29) is 12.3 Å². The number of halogens is 1. The van der Waals surface area contributed by atoms with Crippen LogP contribution in [-0.2, 0) is 14.4 Å². The van der Waals surface area contributed by atoms with Crippen molar-refractivity contribution in [3.05, 3.63) is 23.2 Å². The molecule has 0 aromatic heterocycles. The van der Waals surface area contributed by atoms with Crippen molar-refractivity contribution in [1.29, 1.82) is 0 Å². The molecule has 1 fully saturated rings. The normalized spacial score (nSPS) is 21.8. The number of carboxylic acids is 1. The Bertz CT molecular complexity index is 719. The zero-order valence-corrected chi connectivity index (χ0v) is 15.1. The average Bonchev–Trinajstić information content (AvgIpc) is 2.56. The first-order valence-corrected chi connectivity index (χ1v) is 9.47. The van der Waals surface area contributed by atoms with E-state index in [2.05, 4.69) is 10.6 Å². The van der Waals surface area contributed by atoms with Crippen LogP contribution in [0.5, 0.6) is 0 Å². The van der Waals surface area contributed by atoms with E-state index in [0.717, 1.165) is 24.2 Å². The quantitative estimate of drug-likeness (QED) is 0.743. The molecule has 1 aliphatic heterocycles. The molecule has 2 amide bonds. The highest BCUT2D eigenvalue weighted by Gasteiger charge is 2.41. The monoisotopic (exact) mass is 382 g/mol. The summed E-state index contributed by atoms with van der Waals surface area (Å²) in [4.78, 5) is 37.1. The minimum atomic E-state index is -1.20. The lowest BCUT2D eigenvalue weighted by atomic mass is 9.81. The van der Waals surface area contributed by atoms with E-state index in [9.17, 15) is 19.5 Å². The van der Waals surface area contributed by atoms with Gasteiger partial charge in [-0.2, -0.15) is 0 Å². The molecular formula is C17H19ClN2O4S. The molecule has 1 aromatic rings. The SMILES string of the molecule is O=C(CC1Sc2ccc(Cl)cc2NC1=O)NC1(C(=O)O)CCCCC1. The summed E-state index contributed by atoms with van der Waals surface area (Å²) in [6.45, 7) is 0. The fourth-order valence-electron chi connectivity index (χ4n) is 3.29. The highest BCUT2D eigenvalue weighted by Crippen LogP contribution is 2.38. The first kappa shape index (κ1) is 18.1. The predicted octanol–water partition coefficient (Wildman–Crippen LogP) is 3.05. The molecule has 3 rings (SSSR count). The molecule has 3 N–H and O–H groups in total. The van der Waals surface area contributed by atoms with Crippen molar-refractivity contribution in [2.45, 2.75) is 54.2 Å². The van der Waals surface area contributed by atoms with E-state index in [4.69, 9.17) is 11.6 Å². The molecular weight excluding hydrogens is 364 g/mol. The van der Waals surface area contributed by atoms with Crippen LogP contribution in [0.3, 0.4) is 0 Å². The molecule has 8 heteroatoms. The molecule has 1 aliphatic carbocycles. The Kier molecular flexibility index (Phi) is 5.24. The van der Waals surface area contributed by atoms with E-state index in [1.165, 1.54) is 11.8 Å². The summed E-state index contributed by atoms with van der Waals surface area (Å²) in [7, 11) is 0. The van der Waals surface area contributed by atoms with Crippen molar-refractivity contribution in [2.75, 3.05) is 5.32 Å². The van der Waals surface area contributed by atoms with Gasteiger partial charge in [0.1, 0.15) is 5.54 Å². The van der Waals surface area contributed by atoms with Crippen LogP contribution in [0.15, 0.2) is 23.1 Å². The molecule has 0 spiro atoms. The average molecular weight is 383 g/mol. The van der Waals surface area contributed by atoms with Crippen molar-refractivity contribution < 1.29 is 19.5 Å². The van der Waals surface area contributed by atoms with Gasteiger partial charge in [0.15, 0.2) is 0 Å². The lowest BCUT2D eigenvalue weighted by molar-refractivity contribution is -0.149. The second-order valence-corrected chi connectivity index (χ2v) is 8.12. The third-order valence-electron chi connectivity index (χ3n) is 4.63. The van der Waals surface area contributed by atoms with Gasteiger partial charge < -0.3 is 15.7 Å². The molecule has 0 saturated heterocycles. The summed E-state index contributed by atoms with van der Waals surface area (Å²) >= 11 is 7.21. The Labute approximate surface area is 154 Å². The molecule has 1 aromatic carbocycles. The van der Waals surface area contributed by atoms with Crippen molar-refractivity contribution in [3.8, 4) is 0 Å². The van der Waals surface area contributed by atoms with Gasteiger partial charge in [-0.3, -0.25) is 9.59 Å². The van der Waals surface area contributed by atoms with Crippen LogP contribution in [0.2, 0.25) is 5.02 Å². The number of benzene rings is 1. The number of anilines is 1. The molecule has 25 heavy (non-hydrogen) atoms. The molecule has 6 nitrogen and oxygen atoms in total. The molecule has 0 bridgehead atoms. The molecule has 1 atom stereocenters. The number of amides is 2. The third kappa shape index (κ3) is 3.93. The van der Waals surface area contributed by atoms with Crippen molar-refractivity contribution in [2.24, 2.45) is 0 Å². The highest BCUT2D eigenvalue weighted by molar-refractivity contribution is 8.01. The molecule has 134 valence electrons. The molecule has 1 heterocycles. The maximum absolute atomic E-state index is 12.4. The topological polar surface area (TPSA) is 95.5 Å². The van der Waals surface area contributed by atoms with Crippen LogP contribution < -0.4 is 10.6 Å². The van der Waals surface area contributed by atoms with E-state index in [1.54, 1.807) is 18.2 Å². The van der Waals surface area contributed by atoms with Gasteiger partial charge in [0.25, 0.3) is 0 Å². The van der Waals surface area contributed by atoms with E-state index < -0.39 is 22.7 Å². The minimum absolute atomic E-state index is 0.0619. The summed E-state index contributed by atoms with van der Waals surface area (Å²) in [5.74, 6) is -1.68. The van der Waals surface area contributed by atoms with Crippen LogP contribution in [0.25, 0.3) is 0 Å². The van der Waals surface area contributed by atoms with E-state index >= 15 is 0 Å². The van der Waals surface area contributed by atoms with Gasteiger partial charge in [-0.05, 0) is 31.0 Å². The fourth-order valence-corrected chi connectivity index (χ4v) is 4.55. The van der Waals surface area contributed by atoms with E-state index in [1.807, 2.05) is 0 Å². The Morgan fingerprint density at radius 1 is 1.32 bits per heavy atom. The number of carboxylic acid groups (broad SMARTS) is 1. The Morgan fingerprint density at radius 2 is 2.04 bits per heavy atom. The Balaban J connectivity index is 1.67. The maximum Gasteiger partial charge on any atom is 0.329 e. The van der Waals surface area contributed by atoms with Gasteiger partial charge >= 0.3 is 5.97 Å². The van der Waals surface area contributed by atoms with Crippen molar-refractivity contribution in [1.82, 2.24) is 5.32 Å². The zero-order chi connectivity index (χ0) is 18.0. The van der Waals surface area contributed by atoms with Gasteiger partial charge in [-0.25, -0.2) is 4.79 Å². The summed E-state index contributed by atoms with van der Waals surface area (Å²) < 4.78 is 0. The van der Waals surface area contributed by atoms with Crippen LogP contribution in [-0.4, -0.2) is 33.7 Å². The fraction of sp³-hybridized carbons (Fsp3) is 0.471. The van der Waals surface area contributed by atoms with Gasteiger partial charge in [0, 0.05) is 16.3 Å². The largest absolute Gasteiger partial charge is 0.480 e. The number of rotatable bonds is 4. The summed E-state index contributed by atoms with van der Waals surface area (Å²) in [5, 5.41) is 14.9. The van der Waals surface area contributed by atoms with Crippen LogP contribution in [0.1, 0.15) is 38.5 Å². The number of thioether (sulfide) groups is 1. The van der Waals surface area contributed by atoms with Gasteiger partial charge in [0.2, 0.25) is 11.8 Å². The predicted molar refractivity (Wildman–Crippen MR) is 95.9 cm³/mol. The van der Waals surface area contributed by atoms with Gasteiger partial charge in [0.05, 0.1) is 10.9 Å². The maximum atomic E-state index is 12.4. The number of carbonyl (C=O) groups is 3. The van der Waals surface area contributed by atoms with Gasteiger partial charge in [-0.15, -0.1) is 11.8 Å². The number of hydrogen-bond donors (Lipinski definition) is 3. The molecule has 2 aliphatic rings.